The highest BCUT2D eigenvalue weighted by atomic mass is 16.5. The fourth-order valence-corrected chi connectivity index (χ4v) is 1.87. The maximum absolute atomic E-state index is 11.4. The maximum Gasteiger partial charge on any atom is 0.181 e. The molecule has 1 aromatic heterocycles. The molecule has 0 saturated carbocycles. The van der Waals surface area contributed by atoms with Crippen molar-refractivity contribution in [1.29, 1.82) is 0 Å². The summed E-state index contributed by atoms with van der Waals surface area (Å²) < 4.78 is 7.15. The number of hydrogen-bond donors (Lipinski definition) is 0. The van der Waals surface area contributed by atoms with Crippen LogP contribution in [0.3, 0.4) is 0 Å². The van der Waals surface area contributed by atoms with Crippen molar-refractivity contribution in [2.45, 2.75) is 13.5 Å². The quantitative estimate of drug-likeness (QED) is 0.788. The van der Waals surface area contributed by atoms with Crippen LogP contribution >= 0.6 is 0 Å². The Kier molecular flexibility index (Phi) is 3.80. The van der Waals surface area contributed by atoms with Gasteiger partial charge in [0.25, 0.3) is 0 Å². The number of carbonyl (C=O) groups excluding carboxylic acids is 1. The molecule has 0 spiro atoms. The molecule has 0 unspecified atom stereocenters. The van der Waals surface area contributed by atoms with Crippen molar-refractivity contribution in [3.63, 3.8) is 0 Å². The van der Waals surface area contributed by atoms with Gasteiger partial charge in [-0.05, 0) is 25.1 Å². The lowest BCUT2D eigenvalue weighted by Crippen LogP contribution is -2.06. The van der Waals surface area contributed by atoms with Gasteiger partial charge in [0.15, 0.2) is 11.2 Å². The lowest BCUT2D eigenvalue weighted by Gasteiger charge is -2.11. The minimum Gasteiger partial charge on any atom is -0.496 e. The van der Waals surface area contributed by atoms with Crippen LogP contribution in [0.1, 0.15) is 22.8 Å². The van der Waals surface area contributed by atoms with Crippen molar-refractivity contribution < 1.29 is 9.53 Å². The Morgan fingerprint density at radius 1 is 1.21 bits per heavy atom. The zero-order valence-electron chi connectivity index (χ0n) is 10.9. The van der Waals surface area contributed by atoms with E-state index in [2.05, 4.69) is 0 Å². The number of ketones is 1. The molecule has 98 valence electrons. The van der Waals surface area contributed by atoms with Gasteiger partial charge in [-0.1, -0.05) is 0 Å². The SMILES string of the molecule is COc1ccc(C(C)=O)cc1Cn1ccc(=O)cc1. The van der Waals surface area contributed by atoms with Gasteiger partial charge >= 0.3 is 0 Å². The number of methoxy groups -OCH3 is 1. The van der Waals surface area contributed by atoms with Crippen LogP contribution in [0, 0.1) is 0 Å². The average Bonchev–Trinajstić information content (AvgIpc) is 2.41. The van der Waals surface area contributed by atoms with Crippen molar-refractivity contribution >= 4 is 5.78 Å². The first kappa shape index (κ1) is 13.1. The van der Waals surface area contributed by atoms with E-state index in [1.807, 2.05) is 10.6 Å². The number of Topliss-reactive ketones (excluding diaryl/α,β-unsaturated/α-hetero) is 1. The van der Waals surface area contributed by atoms with Gasteiger partial charge in [0.1, 0.15) is 5.75 Å². The molecule has 0 aliphatic carbocycles. The van der Waals surface area contributed by atoms with E-state index in [4.69, 9.17) is 4.74 Å². The molecule has 1 heterocycles. The molecule has 0 aliphatic rings. The zero-order chi connectivity index (χ0) is 13.8. The van der Waals surface area contributed by atoms with E-state index in [0.717, 1.165) is 11.3 Å². The molecule has 0 radical (unpaired) electrons. The van der Waals surface area contributed by atoms with Crippen molar-refractivity contribution in [3.05, 3.63) is 64.1 Å². The summed E-state index contributed by atoms with van der Waals surface area (Å²) in [7, 11) is 1.59. The number of ether oxygens (including phenoxy) is 1. The highest BCUT2D eigenvalue weighted by Gasteiger charge is 2.07. The third-order valence-electron chi connectivity index (χ3n) is 2.90. The number of rotatable bonds is 4. The number of pyridine rings is 1. The predicted molar refractivity (Wildman–Crippen MR) is 72.8 cm³/mol. The second-order valence-corrected chi connectivity index (χ2v) is 4.29. The van der Waals surface area contributed by atoms with Crippen molar-refractivity contribution in [3.8, 4) is 5.75 Å². The molecule has 0 saturated heterocycles. The number of carbonyl (C=O) groups is 1. The summed E-state index contributed by atoms with van der Waals surface area (Å²) in [6.45, 7) is 2.08. The third kappa shape index (κ3) is 3.10. The van der Waals surface area contributed by atoms with Gasteiger partial charge in [0, 0.05) is 35.7 Å². The summed E-state index contributed by atoms with van der Waals surface area (Å²) in [5, 5.41) is 0. The Bertz CT molecular complexity index is 638. The summed E-state index contributed by atoms with van der Waals surface area (Å²) in [4.78, 5) is 22.5. The first-order valence-corrected chi connectivity index (χ1v) is 5.94. The Hall–Kier alpha value is -2.36. The van der Waals surface area contributed by atoms with Gasteiger partial charge in [-0.2, -0.15) is 0 Å². The molecule has 0 atom stereocenters. The van der Waals surface area contributed by atoms with Crippen LogP contribution in [0.4, 0.5) is 0 Å². The van der Waals surface area contributed by atoms with E-state index in [0.29, 0.717) is 12.1 Å². The Balaban J connectivity index is 2.36. The van der Waals surface area contributed by atoms with E-state index < -0.39 is 0 Å². The van der Waals surface area contributed by atoms with Crippen molar-refractivity contribution in [2.75, 3.05) is 7.11 Å². The fraction of sp³-hybridized carbons (Fsp3) is 0.200. The summed E-state index contributed by atoms with van der Waals surface area (Å²) in [5.74, 6) is 0.743. The number of aromatic nitrogens is 1. The van der Waals surface area contributed by atoms with E-state index in [1.165, 1.54) is 19.1 Å². The van der Waals surface area contributed by atoms with Gasteiger partial charge in [0.2, 0.25) is 0 Å². The summed E-state index contributed by atoms with van der Waals surface area (Å²) in [6.07, 6.45) is 3.42. The minimum absolute atomic E-state index is 0.0174. The first-order chi connectivity index (χ1) is 9.10. The van der Waals surface area contributed by atoms with Crippen LogP contribution in [0.25, 0.3) is 0 Å². The lowest BCUT2D eigenvalue weighted by atomic mass is 10.1. The molecule has 4 heteroatoms. The molecular weight excluding hydrogens is 242 g/mol. The number of hydrogen-bond acceptors (Lipinski definition) is 3. The molecule has 19 heavy (non-hydrogen) atoms. The van der Waals surface area contributed by atoms with Gasteiger partial charge in [0.05, 0.1) is 13.7 Å². The van der Waals surface area contributed by atoms with Crippen LogP contribution in [0.5, 0.6) is 5.75 Å². The Labute approximate surface area is 111 Å². The summed E-state index contributed by atoms with van der Waals surface area (Å²) in [5.41, 5.74) is 1.52. The fourth-order valence-electron chi connectivity index (χ4n) is 1.87. The third-order valence-corrected chi connectivity index (χ3v) is 2.90. The highest BCUT2D eigenvalue weighted by Crippen LogP contribution is 2.21. The largest absolute Gasteiger partial charge is 0.496 e. The molecular formula is C15H15NO3. The van der Waals surface area contributed by atoms with Crippen LogP contribution in [-0.2, 0) is 6.54 Å². The van der Waals surface area contributed by atoms with E-state index >= 15 is 0 Å². The molecule has 0 N–H and O–H groups in total. The molecule has 0 aliphatic heterocycles. The molecule has 2 rings (SSSR count). The van der Waals surface area contributed by atoms with E-state index in [9.17, 15) is 9.59 Å². The van der Waals surface area contributed by atoms with E-state index in [-0.39, 0.29) is 11.2 Å². The van der Waals surface area contributed by atoms with E-state index in [1.54, 1.807) is 31.6 Å². The molecule has 1 aromatic carbocycles. The molecule has 0 bridgehead atoms. The van der Waals surface area contributed by atoms with Gasteiger partial charge in [-0.25, -0.2) is 0 Å². The predicted octanol–water partition coefficient (Wildman–Crippen LogP) is 2.11. The lowest BCUT2D eigenvalue weighted by molar-refractivity contribution is 0.101. The van der Waals surface area contributed by atoms with Crippen molar-refractivity contribution in [1.82, 2.24) is 4.57 Å². The van der Waals surface area contributed by atoms with Gasteiger partial charge in [-0.3, -0.25) is 9.59 Å². The minimum atomic E-state index is -0.0271. The topological polar surface area (TPSA) is 48.3 Å². The second kappa shape index (κ2) is 5.52. The van der Waals surface area contributed by atoms with Crippen LogP contribution in [-0.4, -0.2) is 17.5 Å². The zero-order valence-corrected chi connectivity index (χ0v) is 10.9. The number of nitrogens with zero attached hydrogens (tertiary/aromatic N) is 1. The molecule has 2 aromatic rings. The smallest absolute Gasteiger partial charge is 0.181 e. The summed E-state index contributed by atoms with van der Waals surface area (Å²) in [6, 6.07) is 8.35. The molecule has 0 fully saturated rings. The standard InChI is InChI=1S/C15H15NO3/c1-11(17)12-3-4-15(19-2)13(9-12)10-16-7-5-14(18)6-8-16/h3-9H,10H2,1-2H3. The maximum atomic E-state index is 11.4. The van der Waals surface area contributed by atoms with Crippen LogP contribution < -0.4 is 10.2 Å². The molecule has 0 amide bonds. The second-order valence-electron chi connectivity index (χ2n) is 4.29. The van der Waals surface area contributed by atoms with Crippen molar-refractivity contribution in [2.24, 2.45) is 0 Å². The van der Waals surface area contributed by atoms with Crippen LogP contribution in [0.15, 0.2) is 47.5 Å². The molecule has 4 nitrogen and oxygen atoms in total. The van der Waals surface area contributed by atoms with Gasteiger partial charge < -0.3 is 9.30 Å². The average molecular weight is 257 g/mol. The van der Waals surface area contributed by atoms with Crippen LogP contribution in [0.2, 0.25) is 0 Å². The highest BCUT2D eigenvalue weighted by molar-refractivity contribution is 5.94. The first-order valence-electron chi connectivity index (χ1n) is 5.94. The van der Waals surface area contributed by atoms with Gasteiger partial charge in [-0.15, -0.1) is 0 Å². The number of benzene rings is 1. The summed E-state index contributed by atoms with van der Waals surface area (Å²) >= 11 is 0. The Morgan fingerprint density at radius 3 is 2.47 bits per heavy atom. The Morgan fingerprint density at radius 2 is 1.89 bits per heavy atom. The monoisotopic (exact) mass is 257 g/mol. The normalized spacial score (nSPS) is 10.2.